The molecule has 2 aromatic carbocycles. The standard InChI is InChI=1S/C18H13FN2O2S/c19-13-7-1-3-9-15(13)23-12-6-5-11-20-17(22)18-21-14-8-2-4-10-16(14)24-18/h1-4,7-10H,11-12H2,(H,20,22). The molecule has 0 saturated carbocycles. The molecule has 0 bridgehead atoms. The molecule has 1 heterocycles. The first kappa shape index (κ1) is 16.0. The molecule has 3 aromatic rings. The third-order valence-corrected chi connectivity index (χ3v) is 4.12. The summed E-state index contributed by atoms with van der Waals surface area (Å²) in [5.41, 5.74) is 0.803. The molecule has 0 radical (unpaired) electrons. The van der Waals surface area contributed by atoms with Gasteiger partial charge in [-0.2, -0.15) is 0 Å². The lowest BCUT2D eigenvalue weighted by atomic mass is 10.3. The van der Waals surface area contributed by atoms with Crippen molar-refractivity contribution in [3.05, 3.63) is 59.4 Å². The van der Waals surface area contributed by atoms with E-state index in [4.69, 9.17) is 4.74 Å². The van der Waals surface area contributed by atoms with Crippen molar-refractivity contribution in [1.29, 1.82) is 0 Å². The number of rotatable bonds is 4. The fourth-order valence-corrected chi connectivity index (χ4v) is 2.84. The van der Waals surface area contributed by atoms with Crippen LogP contribution >= 0.6 is 11.3 Å². The number of amides is 1. The van der Waals surface area contributed by atoms with E-state index in [-0.39, 0.29) is 24.8 Å². The molecular formula is C18H13FN2O2S. The number of fused-ring (bicyclic) bond motifs is 1. The summed E-state index contributed by atoms with van der Waals surface area (Å²) in [6.07, 6.45) is 0. The van der Waals surface area contributed by atoms with Crippen LogP contribution < -0.4 is 10.1 Å². The SMILES string of the molecule is O=C(NCC#CCOc1ccccc1F)c1nc2ccccc2s1. The van der Waals surface area contributed by atoms with Gasteiger partial charge in [-0.3, -0.25) is 4.79 Å². The maximum Gasteiger partial charge on any atom is 0.281 e. The van der Waals surface area contributed by atoms with Crippen molar-refractivity contribution in [2.75, 3.05) is 13.2 Å². The third kappa shape index (κ3) is 3.89. The molecule has 6 heteroatoms. The van der Waals surface area contributed by atoms with Crippen LogP contribution in [0.25, 0.3) is 10.2 Å². The summed E-state index contributed by atoms with van der Waals surface area (Å²) in [6, 6.07) is 13.7. The molecule has 1 N–H and O–H groups in total. The predicted molar refractivity (Wildman–Crippen MR) is 91.6 cm³/mol. The average molecular weight is 340 g/mol. The van der Waals surface area contributed by atoms with Gasteiger partial charge in [0.05, 0.1) is 16.8 Å². The van der Waals surface area contributed by atoms with Crippen molar-refractivity contribution in [3.63, 3.8) is 0 Å². The van der Waals surface area contributed by atoms with E-state index in [2.05, 4.69) is 22.1 Å². The number of nitrogens with zero attached hydrogens (tertiary/aromatic N) is 1. The van der Waals surface area contributed by atoms with Gasteiger partial charge in [-0.1, -0.05) is 36.1 Å². The Morgan fingerprint density at radius 1 is 1.17 bits per heavy atom. The summed E-state index contributed by atoms with van der Waals surface area (Å²) in [7, 11) is 0. The van der Waals surface area contributed by atoms with Crippen LogP contribution in [0.5, 0.6) is 5.75 Å². The van der Waals surface area contributed by atoms with E-state index in [1.165, 1.54) is 23.5 Å². The van der Waals surface area contributed by atoms with E-state index < -0.39 is 5.82 Å². The highest BCUT2D eigenvalue weighted by atomic mass is 32.1. The average Bonchev–Trinajstić information content (AvgIpc) is 3.03. The molecule has 3 rings (SSSR count). The molecule has 0 aliphatic heterocycles. The summed E-state index contributed by atoms with van der Waals surface area (Å²) in [5.74, 6) is 4.95. The number of ether oxygens (including phenoxy) is 1. The van der Waals surface area contributed by atoms with Crippen LogP contribution in [0.15, 0.2) is 48.5 Å². The van der Waals surface area contributed by atoms with E-state index in [1.807, 2.05) is 24.3 Å². The third-order valence-electron chi connectivity index (χ3n) is 3.09. The Kier molecular flexibility index (Phi) is 5.04. The maximum absolute atomic E-state index is 13.3. The van der Waals surface area contributed by atoms with Gasteiger partial charge < -0.3 is 10.1 Å². The Balaban J connectivity index is 1.48. The fraction of sp³-hybridized carbons (Fsp3) is 0.111. The number of hydrogen-bond acceptors (Lipinski definition) is 4. The zero-order valence-corrected chi connectivity index (χ0v) is 13.4. The van der Waals surface area contributed by atoms with Crippen LogP contribution in [-0.4, -0.2) is 24.0 Å². The number of nitrogens with one attached hydrogen (secondary N) is 1. The van der Waals surface area contributed by atoms with Gasteiger partial charge in [0, 0.05) is 0 Å². The number of carbonyl (C=O) groups excluding carboxylic acids is 1. The molecule has 0 aliphatic rings. The Hall–Kier alpha value is -2.91. The van der Waals surface area contributed by atoms with Crippen molar-refractivity contribution in [1.82, 2.24) is 10.3 Å². The van der Waals surface area contributed by atoms with Crippen LogP contribution in [0.2, 0.25) is 0 Å². The Bertz CT molecular complexity index is 894. The summed E-state index contributed by atoms with van der Waals surface area (Å²) < 4.78 is 19.5. The van der Waals surface area contributed by atoms with Gasteiger partial charge >= 0.3 is 0 Å². The molecule has 0 atom stereocenters. The van der Waals surface area contributed by atoms with Gasteiger partial charge in [-0.25, -0.2) is 9.37 Å². The topological polar surface area (TPSA) is 51.2 Å². The number of aromatic nitrogens is 1. The Morgan fingerprint density at radius 2 is 1.96 bits per heavy atom. The second-order valence-corrected chi connectivity index (χ2v) is 5.77. The lowest BCUT2D eigenvalue weighted by molar-refractivity contribution is 0.0958. The fourth-order valence-electron chi connectivity index (χ4n) is 1.96. The quantitative estimate of drug-likeness (QED) is 0.742. The Morgan fingerprint density at radius 3 is 2.79 bits per heavy atom. The second kappa shape index (κ2) is 7.57. The molecule has 1 amide bonds. The highest BCUT2D eigenvalue weighted by Crippen LogP contribution is 2.21. The van der Waals surface area contributed by atoms with Crippen molar-refractivity contribution in [2.24, 2.45) is 0 Å². The summed E-state index contributed by atoms with van der Waals surface area (Å²) in [6.45, 7) is 0.229. The number of para-hydroxylation sites is 2. The summed E-state index contributed by atoms with van der Waals surface area (Å²) in [5, 5.41) is 3.08. The first-order chi connectivity index (χ1) is 11.7. The predicted octanol–water partition coefficient (Wildman–Crippen LogP) is 3.25. The van der Waals surface area contributed by atoms with Gasteiger partial charge in [0.15, 0.2) is 16.6 Å². The molecule has 1 aromatic heterocycles. The molecule has 0 aliphatic carbocycles. The zero-order valence-electron chi connectivity index (χ0n) is 12.6. The van der Waals surface area contributed by atoms with Gasteiger partial charge in [0.1, 0.15) is 6.61 Å². The lowest BCUT2D eigenvalue weighted by Crippen LogP contribution is -2.23. The summed E-state index contributed by atoms with van der Waals surface area (Å²) in [4.78, 5) is 16.3. The lowest BCUT2D eigenvalue weighted by Gasteiger charge is -2.01. The van der Waals surface area contributed by atoms with E-state index in [0.717, 1.165) is 10.2 Å². The van der Waals surface area contributed by atoms with Crippen LogP contribution in [-0.2, 0) is 0 Å². The monoisotopic (exact) mass is 340 g/mol. The van der Waals surface area contributed by atoms with E-state index in [1.54, 1.807) is 12.1 Å². The number of hydrogen-bond donors (Lipinski definition) is 1. The highest BCUT2D eigenvalue weighted by Gasteiger charge is 2.10. The number of thiazole rings is 1. The van der Waals surface area contributed by atoms with Crippen molar-refractivity contribution < 1.29 is 13.9 Å². The normalized spacial score (nSPS) is 10.0. The maximum atomic E-state index is 13.3. The van der Waals surface area contributed by atoms with Gasteiger partial charge in [0.25, 0.3) is 5.91 Å². The van der Waals surface area contributed by atoms with Gasteiger partial charge in [-0.05, 0) is 24.3 Å². The first-order valence-electron chi connectivity index (χ1n) is 7.21. The molecule has 0 unspecified atom stereocenters. The van der Waals surface area contributed by atoms with Crippen LogP contribution in [0.1, 0.15) is 9.80 Å². The largest absolute Gasteiger partial charge is 0.478 e. The van der Waals surface area contributed by atoms with Crippen molar-refractivity contribution in [3.8, 4) is 17.6 Å². The first-order valence-corrected chi connectivity index (χ1v) is 8.02. The van der Waals surface area contributed by atoms with E-state index in [0.29, 0.717) is 5.01 Å². The zero-order chi connectivity index (χ0) is 16.8. The molecule has 0 saturated heterocycles. The molecule has 4 nitrogen and oxygen atoms in total. The smallest absolute Gasteiger partial charge is 0.281 e. The molecule has 120 valence electrons. The minimum atomic E-state index is -0.427. The second-order valence-electron chi connectivity index (χ2n) is 4.74. The Labute approximate surface area is 142 Å². The molecule has 0 spiro atoms. The molecule has 24 heavy (non-hydrogen) atoms. The molecule has 0 fully saturated rings. The van der Waals surface area contributed by atoms with Crippen LogP contribution in [0.3, 0.4) is 0 Å². The van der Waals surface area contributed by atoms with Crippen LogP contribution in [0.4, 0.5) is 4.39 Å². The van der Waals surface area contributed by atoms with Crippen molar-refractivity contribution >= 4 is 27.5 Å². The van der Waals surface area contributed by atoms with E-state index in [9.17, 15) is 9.18 Å². The van der Waals surface area contributed by atoms with Crippen molar-refractivity contribution in [2.45, 2.75) is 0 Å². The van der Waals surface area contributed by atoms with Crippen LogP contribution in [0, 0.1) is 17.7 Å². The van der Waals surface area contributed by atoms with Gasteiger partial charge in [0.2, 0.25) is 0 Å². The van der Waals surface area contributed by atoms with E-state index >= 15 is 0 Å². The minimum Gasteiger partial charge on any atom is -0.478 e. The number of carbonyl (C=O) groups is 1. The number of halogens is 1. The molecular weight excluding hydrogens is 327 g/mol. The summed E-state index contributed by atoms with van der Waals surface area (Å²) >= 11 is 1.33. The highest BCUT2D eigenvalue weighted by molar-refractivity contribution is 7.20. The minimum absolute atomic E-state index is 0.0535. The van der Waals surface area contributed by atoms with Gasteiger partial charge in [-0.15, -0.1) is 11.3 Å². The number of benzene rings is 2.